The summed E-state index contributed by atoms with van der Waals surface area (Å²) in [6.07, 6.45) is -10.1. The summed E-state index contributed by atoms with van der Waals surface area (Å²) in [4.78, 5) is 136. The predicted molar refractivity (Wildman–Crippen MR) is 296 cm³/mol. The number of imidazole rings is 2. The van der Waals surface area contributed by atoms with Crippen LogP contribution in [0.4, 0.5) is 11.9 Å². The van der Waals surface area contributed by atoms with E-state index in [4.69, 9.17) is 85.9 Å². The molecule has 4 aliphatic rings. The van der Waals surface area contributed by atoms with Crippen molar-refractivity contribution in [2.24, 2.45) is 0 Å². The number of carbonyl (C=O) groups is 1. The van der Waals surface area contributed by atoms with Gasteiger partial charge in [-0.2, -0.15) is 9.97 Å². The van der Waals surface area contributed by atoms with Crippen molar-refractivity contribution in [2.45, 2.75) is 120 Å². The Bertz CT molecular complexity index is 4040. The van der Waals surface area contributed by atoms with Crippen LogP contribution >= 0.6 is 32.5 Å². The standard InChI is InChI=1S/C42H53N14O22P3S3/c1-16-8-53(41(63)51-35(16)59)28-5-20(24(73-28)10-68-18(3)57)76-80(66,83)70-12-25-21(6-29(74-25)54-9-17(2)36(60)52-42(54)64)77-81(67,84)71-13-26-22(7-30(75-26)56-15-46-32-34(56)48-40(44)50-38(32)62)78-79(65,82)69-11-23-19(58)4-27(72-23)55-14-45-31-33(55)47-39(43)49-37(31)61/h8-9,14-15,19-30,58H,4-7,10-13H2,1-3H3,(H,65,82)(H,66,83)(H,67,84)(H,51,59,63)(H,52,60,64)(H3,43,47,49,61)(H3,44,48,50,62)/t19-,20-,21-,22-,23+,24+,25+,26+,27+,28+,29+,30+,79?,80?,81?/m0/s1. The molecular weight excluding hydrogens is 1240 g/mol. The second kappa shape index (κ2) is 24.3. The van der Waals surface area contributed by atoms with Crippen molar-refractivity contribution in [2.75, 3.05) is 37.9 Å². The van der Waals surface area contributed by atoms with E-state index in [2.05, 4.69) is 52.1 Å². The van der Waals surface area contributed by atoms with Crippen molar-refractivity contribution in [3.05, 3.63) is 98.6 Å². The van der Waals surface area contributed by atoms with Crippen LogP contribution in [0.2, 0.25) is 0 Å². The molecule has 10 rings (SSSR count). The molecule has 0 aliphatic carbocycles. The fraction of sp³-hybridized carbons (Fsp3) is 0.548. The Labute approximate surface area is 484 Å². The quantitative estimate of drug-likeness (QED) is 0.0232. The number of hydrogen-bond acceptors (Lipinski definition) is 28. The number of aliphatic hydroxyl groups excluding tert-OH is 1. The molecule has 36 nitrogen and oxygen atoms in total. The van der Waals surface area contributed by atoms with E-state index in [1.807, 2.05) is 0 Å². The summed E-state index contributed by atoms with van der Waals surface area (Å²) in [6, 6.07) is 0. The number of thiol groups is 1. The van der Waals surface area contributed by atoms with Gasteiger partial charge in [-0.1, -0.05) is 12.2 Å². The van der Waals surface area contributed by atoms with Gasteiger partial charge in [-0.25, -0.2) is 24.1 Å². The summed E-state index contributed by atoms with van der Waals surface area (Å²) in [7, 11) is 0. The van der Waals surface area contributed by atoms with Crippen molar-refractivity contribution in [3.63, 3.8) is 0 Å². The number of fused-ring (bicyclic) bond motifs is 2. The first kappa shape index (κ1) is 61.6. The molecule has 84 heavy (non-hydrogen) atoms. The topological polar surface area (TPSA) is 485 Å². The molecule has 42 heteroatoms. The van der Waals surface area contributed by atoms with E-state index >= 15 is 0 Å². The Hall–Kier alpha value is -5.51. The van der Waals surface area contributed by atoms with Crippen LogP contribution in [0.25, 0.3) is 22.3 Å². The molecule has 4 saturated heterocycles. The van der Waals surface area contributed by atoms with E-state index in [1.54, 1.807) is 0 Å². The number of nitrogens with two attached hydrogens (primary N) is 2. The van der Waals surface area contributed by atoms with Gasteiger partial charge in [0.1, 0.15) is 68.1 Å². The average molecular weight is 1300 g/mol. The van der Waals surface area contributed by atoms with Gasteiger partial charge in [0.15, 0.2) is 22.3 Å². The number of aromatic nitrogens is 12. The number of nitrogens with zero attached hydrogens (tertiary/aromatic N) is 8. The first-order valence-corrected chi connectivity index (χ1v) is 33.0. The largest absolute Gasteiger partial charge is 0.463 e. The molecule has 15 atom stereocenters. The Kier molecular flexibility index (Phi) is 17.8. The van der Waals surface area contributed by atoms with Crippen LogP contribution in [0.3, 0.4) is 0 Å². The molecule has 0 aromatic carbocycles. The highest BCUT2D eigenvalue weighted by molar-refractivity contribution is 8.44. The monoisotopic (exact) mass is 1290 g/mol. The number of esters is 1. The first-order chi connectivity index (χ1) is 39.6. The van der Waals surface area contributed by atoms with Gasteiger partial charge in [0, 0.05) is 56.1 Å². The summed E-state index contributed by atoms with van der Waals surface area (Å²) in [5, 5.41) is 11.0. The van der Waals surface area contributed by atoms with Gasteiger partial charge >= 0.3 is 37.6 Å². The number of ether oxygens (including phenoxy) is 5. The zero-order valence-corrected chi connectivity index (χ0v) is 49.0. The lowest BCUT2D eigenvalue weighted by Crippen LogP contribution is -2.33. The molecule has 0 saturated carbocycles. The van der Waals surface area contributed by atoms with Gasteiger partial charge in [-0.3, -0.25) is 71.2 Å². The summed E-state index contributed by atoms with van der Waals surface area (Å²) in [5.41, 5.74) is 7.50. The number of carbonyl (C=O) groups excluding carboxylic acids is 1. The first-order valence-electron chi connectivity index (χ1n) is 25.1. The van der Waals surface area contributed by atoms with Crippen molar-refractivity contribution in [3.8, 4) is 0 Å². The number of rotatable bonds is 21. The molecule has 4 fully saturated rings. The van der Waals surface area contributed by atoms with E-state index in [9.17, 15) is 53.0 Å². The summed E-state index contributed by atoms with van der Waals surface area (Å²) >= 11 is 15.1. The lowest BCUT2D eigenvalue weighted by atomic mass is 10.2. The fourth-order valence-corrected chi connectivity index (χ4v) is 14.1. The second-order valence-corrected chi connectivity index (χ2v) is 28.0. The normalized spacial score (nSPS) is 28.4. The Balaban J connectivity index is 0.843. The van der Waals surface area contributed by atoms with Gasteiger partial charge in [0.2, 0.25) is 11.9 Å². The van der Waals surface area contributed by atoms with Crippen LogP contribution < -0.4 is 45.1 Å². The van der Waals surface area contributed by atoms with Crippen molar-refractivity contribution in [1.82, 2.24) is 58.1 Å². The highest BCUT2D eigenvalue weighted by Crippen LogP contribution is 2.58. The number of hydrogen-bond donors (Lipinski definition) is 10. The fourth-order valence-electron chi connectivity index (χ4n) is 9.65. The number of nitrogen functional groups attached to an aromatic ring is 2. The van der Waals surface area contributed by atoms with E-state index in [-0.39, 0.29) is 71.0 Å². The molecule has 0 amide bonds. The van der Waals surface area contributed by atoms with Crippen LogP contribution in [0.5, 0.6) is 0 Å². The third-order valence-electron chi connectivity index (χ3n) is 13.6. The molecule has 0 radical (unpaired) electrons. The molecule has 0 spiro atoms. The van der Waals surface area contributed by atoms with Crippen LogP contribution in [0.1, 0.15) is 68.6 Å². The molecule has 6 aromatic rings. The van der Waals surface area contributed by atoms with E-state index in [0.717, 1.165) is 16.1 Å². The minimum atomic E-state index is -4.66. The van der Waals surface area contributed by atoms with E-state index in [0.29, 0.717) is 0 Å². The van der Waals surface area contributed by atoms with E-state index < -0.39 is 160 Å². The summed E-state index contributed by atoms with van der Waals surface area (Å²) < 4.78 is 84.0. The number of nitrogens with one attached hydrogen (secondary N) is 4. The molecular formula is C42H53N14O22P3S3. The molecule has 10 heterocycles. The van der Waals surface area contributed by atoms with Gasteiger partial charge < -0.3 is 68.1 Å². The van der Waals surface area contributed by atoms with E-state index in [1.165, 1.54) is 48.0 Å². The van der Waals surface area contributed by atoms with Gasteiger partial charge in [0.25, 0.3) is 22.2 Å². The van der Waals surface area contributed by atoms with Crippen LogP contribution in [0.15, 0.2) is 53.8 Å². The highest BCUT2D eigenvalue weighted by atomic mass is 32.7. The lowest BCUT2D eigenvalue weighted by Gasteiger charge is -2.27. The van der Waals surface area contributed by atoms with Gasteiger partial charge in [-0.05, 0) is 37.5 Å². The van der Waals surface area contributed by atoms with Gasteiger partial charge in [-0.15, -0.1) is 0 Å². The minimum Gasteiger partial charge on any atom is -0.463 e. The Morgan fingerprint density at radius 1 is 0.631 bits per heavy atom. The minimum absolute atomic E-state index is 0.0143. The lowest BCUT2D eigenvalue weighted by molar-refractivity contribution is -0.147. The zero-order valence-electron chi connectivity index (χ0n) is 43.8. The van der Waals surface area contributed by atoms with Crippen LogP contribution in [-0.2, 0) is 83.8 Å². The molecule has 11 N–H and O–H groups in total. The third-order valence-corrected chi connectivity index (χ3v) is 18.5. The smallest absolute Gasteiger partial charge is 0.386 e. The molecule has 456 valence electrons. The SMILES string of the molecule is CC(=O)OC[C@H]1O[C@@H](n2cc(C)c(=O)[nH]c2=O)C[C@@H]1OP(O)(=S)OC[C@H]1O[C@@H](n2cc(C)c(=O)[nH]c2=O)C[C@@H]1OP(=O)(S)OC[C@H]1O[C@@H](n2cnc3c(=O)[nH]c(N)nc32)C[C@@H]1OP(O)(=S)OC[C@H]1O[C@@H](n2cnc3c(=O)[nH]c(N)nc32)C[C@@H]1O. The third kappa shape index (κ3) is 13.7. The molecule has 6 aromatic heterocycles. The number of anilines is 2. The molecule has 0 bridgehead atoms. The van der Waals surface area contributed by atoms with Crippen molar-refractivity contribution < 1.29 is 75.1 Å². The number of aryl methyl sites for hydroxylation is 2. The number of H-pyrrole nitrogens is 4. The Morgan fingerprint density at radius 2 is 1.02 bits per heavy atom. The number of aliphatic hydroxyl groups is 1. The van der Waals surface area contributed by atoms with Crippen LogP contribution in [-0.4, -0.2) is 154 Å². The van der Waals surface area contributed by atoms with Gasteiger partial charge in [0.05, 0.1) is 44.7 Å². The second-order valence-electron chi connectivity index (χ2n) is 19.6. The maximum absolute atomic E-state index is 14.4. The van der Waals surface area contributed by atoms with Crippen molar-refractivity contribution in [1.29, 1.82) is 0 Å². The zero-order chi connectivity index (χ0) is 60.3. The van der Waals surface area contributed by atoms with Crippen molar-refractivity contribution >= 4 is 96.3 Å². The maximum Gasteiger partial charge on any atom is 0.386 e. The average Bonchev–Trinajstić information content (AvgIpc) is 2.22. The predicted octanol–water partition coefficient (Wildman–Crippen LogP) is -1.11. The molecule has 3 unspecified atom stereocenters. The maximum atomic E-state index is 14.4. The number of aromatic amines is 4. The Morgan fingerprint density at radius 3 is 1.49 bits per heavy atom. The molecule has 4 aliphatic heterocycles. The highest BCUT2D eigenvalue weighted by Gasteiger charge is 2.47. The summed E-state index contributed by atoms with van der Waals surface area (Å²) in [5.74, 6) is -1.13. The summed E-state index contributed by atoms with van der Waals surface area (Å²) in [6.45, 7) is -11.7. The van der Waals surface area contributed by atoms with Crippen LogP contribution in [0, 0.1) is 13.8 Å².